The first-order valence-electron chi connectivity index (χ1n) is 4.91. The molecule has 2 heteroatoms. The van der Waals surface area contributed by atoms with Gasteiger partial charge >= 0.3 is 0 Å². The number of allylic oxidation sites excluding steroid dienone is 1. The van der Waals surface area contributed by atoms with Crippen LogP contribution in [0.5, 0.6) is 0 Å². The summed E-state index contributed by atoms with van der Waals surface area (Å²) in [5, 5.41) is 0. The lowest BCUT2D eigenvalue weighted by atomic mass is 10.0. The van der Waals surface area contributed by atoms with Gasteiger partial charge in [-0.1, -0.05) is 24.3 Å². The van der Waals surface area contributed by atoms with Gasteiger partial charge in [0.05, 0.1) is 6.54 Å². The molecule has 0 saturated heterocycles. The fraction of sp³-hybridized carbons (Fsp3) is 0.250. The highest BCUT2D eigenvalue weighted by molar-refractivity contribution is 5.99. The SMILES string of the molecule is C1=Cc2c(cccc2C2=NCCO2)C1. The van der Waals surface area contributed by atoms with Crippen LogP contribution in [0.1, 0.15) is 16.7 Å². The Morgan fingerprint density at radius 1 is 1.29 bits per heavy atom. The van der Waals surface area contributed by atoms with Crippen LogP contribution in [0.4, 0.5) is 0 Å². The van der Waals surface area contributed by atoms with Crippen LogP contribution in [0, 0.1) is 0 Å². The molecule has 1 aliphatic carbocycles. The quantitative estimate of drug-likeness (QED) is 0.656. The van der Waals surface area contributed by atoms with Gasteiger partial charge < -0.3 is 4.74 Å². The van der Waals surface area contributed by atoms with Crippen LogP contribution >= 0.6 is 0 Å². The number of benzene rings is 1. The minimum atomic E-state index is 0.725. The lowest BCUT2D eigenvalue weighted by molar-refractivity contribution is 0.348. The standard InChI is InChI=1S/C12H11NO/c1-3-9-4-2-6-11(10(9)5-1)12-13-7-8-14-12/h1-2,4-6H,3,7-8H2. The molecule has 1 aliphatic heterocycles. The van der Waals surface area contributed by atoms with Crippen LogP contribution in [-0.4, -0.2) is 19.0 Å². The van der Waals surface area contributed by atoms with Gasteiger partial charge in [0.15, 0.2) is 0 Å². The van der Waals surface area contributed by atoms with Crippen molar-refractivity contribution in [3.8, 4) is 0 Å². The maximum atomic E-state index is 5.48. The number of aliphatic imine (C=N–C) groups is 1. The van der Waals surface area contributed by atoms with Crippen LogP contribution in [0.3, 0.4) is 0 Å². The van der Waals surface area contributed by atoms with Crippen molar-refractivity contribution < 1.29 is 4.74 Å². The predicted molar refractivity (Wildman–Crippen MR) is 56.5 cm³/mol. The van der Waals surface area contributed by atoms with Gasteiger partial charge in [-0.3, -0.25) is 0 Å². The number of ether oxygens (including phenoxy) is 1. The molecule has 2 nitrogen and oxygen atoms in total. The van der Waals surface area contributed by atoms with E-state index in [-0.39, 0.29) is 0 Å². The Morgan fingerprint density at radius 3 is 3.14 bits per heavy atom. The largest absolute Gasteiger partial charge is 0.475 e. The maximum absolute atomic E-state index is 5.48. The molecule has 0 amide bonds. The molecule has 3 rings (SSSR count). The molecule has 0 radical (unpaired) electrons. The molecule has 0 unspecified atom stereocenters. The molecule has 2 aliphatic rings. The van der Waals surface area contributed by atoms with Crippen molar-refractivity contribution in [3.05, 3.63) is 41.0 Å². The molecule has 0 saturated carbocycles. The molecule has 0 bridgehead atoms. The lowest BCUT2D eigenvalue weighted by Gasteiger charge is -2.06. The van der Waals surface area contributed by atoms with Crippen LogP contribution in [0.15, 0.2) is 29.3 Å². The third-order valence-electron chi connectivity index (χ3n) is 2.63. The van der Waals surface area contributed by atoms with E-state index in [4.69, 9.17) is 4.74 Å². The van der Waals surface area contributed by atoms with E-state index < -0.39 is 0 Å². The van der Waals surface area contributed by atoms with Gasteiger partial charge in [0.25, 0.3) is 0 Å². The third kappa shape index (κ3) is 1.07. The van der Waals surface area contributed by atoms with E-state index in [2.05, 4.69) is 35.3 Å². The maximum Gasteiger partial charge on any atom is 0.216 e. The van der Waals surface area contributed by atoms with Gasteiger partial charge in [-0.05, 0) is 23.6 Å². The summed E-state index contributed by atoms with van der Waals surface area (Å²) in [5.74, 6) is 0.813. The summed E-state index contributed by atoms with van der Waals surface area (Å²) in [4.78, 5) is 4.34. The zero-order valence-electron chi connectivity index (χ0n) is 7.86. The van der Waals surface area contributed by atoms with E-state index in [0.29, 0.717) is 0 Å². The van der Waals surface area contributed by atoms with Crippen molar-refractivity contribution in [2.45, 2.75) is 6.42 Å². The lowest BCUT2D eigenvalue weighted by Crippen LogP contribution is -2.04. The van der Waals surface area contributed by atoms with E-state index >= 15 is 0 Å². The topological polar surface area (TPSA) is 21.6 Å². The summed E-state index contributed by atoms with van der Waals surface area (Å²) in [6.07, 6.45) is 5.38. The Kier molecular flexibility index (Phi) is 1.66. The second kappa shape index (κ2) is 2.98. The number of fused-ring (bicyclic) bond motifs is 1. The summed E-state index contributed by atoms with van der Waals surface area (Å²) in [6.45, 7) is 1.52. The summed E-state index contributed by atoms with van der Waals surface area (Å²) < 4.78 is 5.48. The van der Waals surface area contributed by atoms with Crippen LogP contribution < -0.4 is 0 Å². The predicted octanol–water partition coefficient (Wildman–Crippen LogP) is 2.03. The molecule has 0 aromatic heterocycles. The first-order chi connectivity index (χ1) is 6.95. The van der Waals surface area contributed by atoms with Crippen molar-refractivity contribution in [1.82, 2.24) is 0 Å². The Bertz CT molecular complexity index is 432. The van der Waals surface area contributed by atoms with Crippen molar-refractivity contribution in [2.75, 3.05) is 13.2 Å². The normalized spacial score (nSPS) is 17.9. The second-order valence-corrected chi connectivity index (χ2v) is 3.52. The number of hydrogen-bond acceptors (Lipinski definition) is 2. The van der Waals surface area contributed by atoms with E-state index in [0.717, 1.165) is 31.0 Å². The first-order valence-corrected chi connectivity index (χ1v) is 4.91. The van der Waals surface area contributed by atoms with Crippen LogP contribution in [0.25, 0.3) is 6.08 Å². The third-order valence-corrected chi connectivity index (χ3v) is 2.63. The monoisotopic (exact) mass is 185 g/mol. The Labute approximate surface area is 82.9 Å². The summed E-state index contributed by atoms with van der Waals surface area (Å²) in [7, 11) is 0. The highest BCUT2D eigenvalue weighted by atomic mass is 16.5. The van der Waals surface area contributed by atoms with E-state index in [1.807, 2.05) is 0 Å². The Balaban J connectivity index is 2.13. The van der Waals surface area contributed by atoms with Gasteiger partial charge in [0.2, 0.25) is 5.90 Å². The minimum absolute atomic E-state index is 0.725. The highest BCUT2D eigenvalue weighted by Gasteiger charge is 2.16. The summed E-state index contributed by atoms with van der Waals surface area (Å²) >= 11 is 0. The van der Waals surface area contributed by atoms with Gasteiger partial charge in [0, 0.05) is 5.56 Å². The van der Waals surface area contributed by atoms with Crippen LogP contribution in [0.2, 0.25) is 0 Å². The van der Waals surface area contributed by atoms with E-state index in [9.17, 15) is 0 Å². The molecule has 1 aromatic rings. The summed E-state index contributed by atoms with van der Waals surface area (Å²) in [6, 6.07) is 6.32. The Morgan fingerprint density at radius 2 is 2.29 bits per heavy atom. The molecular weight excluding hydrogens is 174 g/mol. The Hall–Kier alpha value is -1.57. The summed E-state index contributed by atoms with van der Waals surface area (Å²) in [5.41, 5.74) is 3.81. The van der Waals surface area contributed by atoms with Gasteiger partial charge in [-0.15, -0.1) is 0 Å². The average Bonchev–Trinajstić information content (AvgIpc) is 2.88. The van der Waals surface area contributed by atoms with Crippen LogP contribution in [-0.2, 0) is 11.2 Å². The van der Waals surface area contributed by atoms with Crippen molar-refractivity contribution in [2.24, 2.45) is 4.99 Å². The van der Waals surface area contributed by atoms with E-state index in [1.54, 1.807) is 0 Å². The van der Waals surface area contributed by atoms with Gasteiger partial charge in [-0.2, -0.15) is 0 Å². The van der Waals surface area contributed by atoms with Crippen molar-refractivity contribution in [1.29, 1.82) is 0 Å². The van der Waals surface area contributed by atoms with Gasteiger partial charge in [0.1, 0.15) is 6.61 Å². The molecule has 0 spiro atoms. The number of nitrogens with zero attached hydrogens (tertiary/aromatic N) is 1. The molecule has 70 valence electrons. The van der Waals surface area contributed by atoms with E-state index in [1.165, 1.54) is 11.1 Å². The number of hydrogen-bond donors (Lipinski definition) is 0. The zero-order valence-corrected chi connectivity index (χ0v) is 7.86. The highest BCUT2D eigenvalue weighted by Crippen LogP contribution is 2.24. The molecule has 1 aromatic carbocycles. The minimum Gasteiger partial charge on any atom is -0.475 e. The molecule has 1 heterocycles. The fourth-order valence-corrected chi connectivity index (χ4v) is 1.98. The molecule has 14 heavy (non-hydrogen) atoms. The molecule has 0 N–H and O–H groups in total. The molecular formula is C12H11NO. The van der Waals surface area contributed by atoms with Gasteiger partial charge in [-0.25, -0.2) is 4.99 Å². The zero-order chi connectivity index (χ0) is 9.38. The number of rotatable bonds is 1. The smallest absolute Gasteiger partial charge is 0.216 e. The molecule has 0 atom stereocenters. The second-order valence-electron chi connectivity index (χ2n) is 3.52. The average molecular weight is 185 g/mol. The fourth-order valence-electron chi connectivity index (χ4n) is 1.98. The molecule has 0 fully saturated rings. The first kappa shape index (κ1) is 7.80. The van der Waals surface area contributed by atoms with Crippen molar-refractivity contribution >= 4 is 12.0 Å². The van der Waals surface area contributed by atoms with Crippen molar-refractivity contribution in [3.63, 3.8) is 0 Å².